The molecule has 5 nitrogen and oxygen atoms in total. The number of carbonyl (C=O) groups is 1. The fraction of sp³-hybridized carbons (Fsp3) is 0.353. The molecule has 6 heteroatoms. The van der Waals surface area contributed by atoms with E-state index in [1.54, 1.807) is 30.1 Å². The largest absolute Gasteiger partial charge is 0.492 e. The number of urea groups is 1. The lowest BCUT2D eigenvalue weighted by atomic mass is 10.3. The lowest BCUT2D eigenvalue weighted by molar-refractivity contribution is 0.220. The van der Waals surface area contributed by atoms with Crippen LogP contribution in [0.15, 0.2) is 36.7 Å². The molecule has 0 saturated heterocycles. The SMILES string of the molecule is CCOc1ccc(NC(=O)N(C)Cc2ccn(CC)c2)cc1Cl. The smallest absolute Gasteiger partial charge is 0.321 e. The summed E-state index contributed by atoms with van der Waals surface area (Å²) in [5.74, 6) is 0.612. The Bertz CT molecular complexity index is 670. The van der Waals surface area contributed by atoms with Gasteiger partial charge in [0.2, 0.25) is 0 Å². The first-order valence-corrected chi connectivity index (χ1v) is 8.00. The van der Waals surface area contributed by atoms with E-state index >= 15 is 0 Å². The van der Waals surface area contributed by atoms with E-state index in [9.17, 15) is 4.79 Å². The fourth-order valence-corrected chi connectivity index (χ4v) is 2.43. The summed E-state index contributed by atoms with van der Waals surface area (Å²) in [5.41, 5.74) is 1.73. The van der Waals surface area contributed by atoms with Crippen molar-refractivity contribution in [3.05, 3.63) is 47.2 Å². The standard InChI is InChI=1S/C17H22ClN3O2/c1-4-21-9-8-13(12-21)11-20(3)17(22)19-14-6-7-16(23-5-2)15(18)10-14/h6-10,12H,4-5,11H2,1-3H3,(H,19,22). The Morgan fingerprint density at radius 3 is 2.74 bits per heavy atom. The number of hydrogen-bond donors (Lipinski definition) is 1. The van der Waals surface area contributed by atoms with Gasteiger partial charge in [0.25, 0.3) is 0 Å². The molecule has 1 heterocycles. The number of aromatic nitrogens is 1. The highest BCUT2D eigenvalue weighted by Crippen LogP contribution is 2.27. The fourth-order valence-electron chi connectivity index (χ4n) is 2.20. The Balaban J connectivity index is 1.96. The van der Waals surface area contributed by atoms with Crippen molar-refractivity contribution in [2.24, 2.45) is 0 Å². The first kappa shape index (κ1) is 17.2. The van der Waals surface area contributed by atoms with Crippen LogP contribution in [0.1, 0.15) is 19.4 Å². The summed E-state index contributed by atoms with van der Waals surface area (Å²) in [5, 5.41) is 3.31. The van der Waals surface area contributed by atoms with Gasteiger partial charge in [0.05, 0.1) is 11.6 Å². The molecule has 2 rings (SSSR count). The molecular formula is C17H22ClN3O2. The van der Waals surface area contributed by atoms with Gasteiger partial charge < -0.3 is 19.5 Å². The van der Waals surface area contributed by atoms with Crippen LogP contribution in [-0.2, 0) is 13.1 Å². The number of halogens is 1. The van der Waals surface area contributed by atoms with Gasteiger partial charge in [-0.15, -0.1) is 0 Å². The van der Waals surface area contributed by atoms with Crippen molar-refractivity contribution in [1.29, 1.82) is 0 Å². The second-order valence-corrected chi connectivity index (χ2v) is 5.62. The van der Waals surface area contributed by atoms with E-state index in [0.29, 0.717) is 29.6 Å². The van der Waals surface area contributed by atoms with Gasteiger partial charge in [-0.05, 0) is 43.7 Å². The Labute approximate surface area is 141 Å². The molecule has 0 aliphatic carbocycles. The highest BCUT2D eigenvalue weighted by atomic mass is 35.5. The van der Waals surface area contributed by atoms with Crippen molar-refractivity contribution < 1.29 is 9.53 Å². The molecule has 1 aromatic carbocycles. The molecule has 2 aromatic rings. The summed E-state index contributed by atoms with van der Waals surface area (Å²) in [6, 6.07) is 7.04. The predicted molar refractivity (Wildman–Crippen MR) is 93.2 cm³/mol. The third-order valence-corrected chi connectivity index (χ3v) is 3.72. The van der Waals surface area contributed by atoms with Crippen LogP contribution in [0.5, 0.6) is 5.75 Å². The van der Waals surface area contributed by atoms with Gasteiger partial charge in [-0.25, -0.2) is 4.79 Å². The minimum absolute atomic E-state index is 0.186. The minimum Gasteiger partial charge on any atom is -0.492 e. The second kappa shape index (κ2) is 7.92. The number of rotatable bonds is 6. The van der Waals surface area contributed by atoms with Crippen LogP contribution in [-0.4, -0.2) is 29.2 Å². The highest BCUT2D eigenvalue weighted by molar-refractivity contribution is 6.32. The summed E-state index contributed by atoms with van der Waals surface area (Å²) in [6.07, 6.45) is 4.05. The summed E-state index contributed by atoms with van der Waals surface area (Å²) in [4.78, 5) is 13.9. The first-order chi connectivity index (χ1) is 11.0. The Hall–Kier alpha value is -2.14. The second-order valence-electron chi connectivity index (χ2n) is 5.21. The lowest BCUT2D eigenvalue weighted by Crippen LogP contribution is -2.30. The third kappa shape index (κ3) is 4.66. The number of nitrogens with one attached hydrogen (secondary N) is 1. The molecule has 0 bridgehead atoms. The molecule has 1 N–H and O–H groups in total. The number of anilines is 1. The van der Waals surface area contributed by atoms with E-state index in [2.05, 4.69) is 16.8 Å². The van der Waals surface area contributed by atoms with Crippen molar-refractivity contribution in [2.75, 3.05) is 19.0 Å². The van der Waals surface area contributed by atoms with Crippen LogP contribution < -0.4 is 10.1 Å². The van der Waals surface area contributed by atoms with Gasteiger partial charge in [-0.1, -0.05) is 11.6 Å². The molecule has 124 valence electrons. The van der Waals surface area contributed by atoms with Crippen LogP contribution >= 0.6 is 11.6 Å². The van der Waals surface area contributed by atoms with Crippen LogP contribution in [0.2, 0.25) is 5.02 Å². The number of carbonyl (C=O) groups excluding carboxylic acids is 1. The van der Waals surface area contributed by atoms with E-state index in [-0.39, 0.29) is 6.03 Å². The zero-order valence-electron chi connectivity index (χ0n) is 13.7. The topological polar surface area (TPSA) is 46.5 Å². The van der Waals surface area contributed by atoms with Crippen molar-refractivity contribution in [3.8, 4) is 5.75 Å². The van der Waals surface area contributed by atoms with Crippen molar-refractivity contribution in [3.63, 3.8) is 0 Å². The molecule has 0 saturated carbocycles. The summed E-state index contributed by atoms with van der Waals surface area (Å²) in [7, 11) is 1.76. The van der Waals surface area contributed by atoms with Gasteiger partial charge in [-0.2, -0.15) is 0 Å². The van der Waals surface area contributed by atoms with Gasteiger partial charge in [-0.3, -0.25) is 0 Å². The molecule has 23 heavy (non-hydrogen) atoms. The predicted octanol–water partition coefficient (Wildman–Crippen LogP) is 4.22. The van der Waals surface area contributed by atoms with Crippen LogP contribution in [0.3, 0.4) is 0 Å². The number of aryl methyl sites for hydroxylation is 1. The molecule has 0 radical (unpaired) electrons. The van der Waals surface area contributed by atoms with E-state index < -0.39 is 0 Å². The van der Waals surface area contributed by atoms with Gasteiger partial charge in [0.1, 0.15) is 5.75 Å². The Kier molecular flexibility index (Phi) is 5.93. The summed E-state index contributed by atoms with van der Waals surface area (Å²) < 4.78 is 7.46. The van der Waals surface area contributed by atoms with Gasteiger partial charge in [0.15, 0.2) is 0 Å². The number of hydrogen-bond acceptors (Lipinski definition) is 2. The summed E-state index contributed by atoms with van der Waals surface area (Å²) >= 11 is 6.13. The molecule has 0 fully saturated rings. The van der Waals surface area contributed by atoms with Crippen molar-refractivity contribution in [2.45, 2.75) is 26.9 Å². The number of ether oxygens (including phenoxy) is 1. The van der Waals surface area contributed by atoms with E-state index in [1.807, 2.05) is 25.4 Å². The molecule has 1 aromatic heterocycles. The van der Waals surface area contributed by atoms with Crippen molar-refractivity contribution >= 4 is 23.3 Å². The quantitative estimate of drug-likeness (QED) is 0.859. The maximum Gasteiger partial charge on any atom is 0.321 e. The van der Waals surface area contributed by atoms with Gasteiger partial charge in [0, 0.05) is 38.2 Å². The minimum atomic E-state index is -0.186. The zero-order valence-corrected chi connectivity index (χ0v) is 14.4. The molecule has 0 aliphatic rings. The van der Waals surface area contributed by atoms with Gasteiger partial charge >= 0.3 is 6.03 Å². The third-order valence-electron chi connectivity index (χ3n) is 3.43. The van der Waals surface area contributed by atoms with E-state index in [0.717, 1.165) is 12.1 Å². The average Bonchev–Trinajstić information content (AvgIpc) is 2.97. The number of benzene rings is 1. The first-order valence-electron chi connectivity index (χ1n) is 7.62. The number of amides is 2. The lowest BCUT2D eigenvalue weighted by Gasteiger charge is -2.18. The Morgan fingerprint density at radius 2 is 2.13 bits per heavy atom. The van der Waals surface area contributed by atoms with Crippen LogP contribution in [0, 0.1) is 0 Å². The monoisotopic (exact) mass is 335 g/mol. The molecule has 0 spiro atoms. The highest BCUT2D eigenvalue weighted by Gasteiger charge is 2.11. The molecule has 0 atom stereocenters. The molecule has 0 unspecified atom stereocenters. The van der Waals surface area contributed by atoms with E-state index in [4.69, 9.17) is 16.3 Å². The molecule has 0 aliphatic heterocycles. The van der Waals surface area contributed by atoms with Crippen LogP contribution in [0.4, 0.5) is 10.5 Å². The Morgan fingerprint density at radius 1 is 1.35 bits per heavy atom. The van der Waals surface area contributed by atoms with Crippen LogP contribution in [0.25, 0.3) is 0 Å². The molecule has 2 amide bonds. The maximum atomic E-state index is 12.2. The van der Waals surface area contributed by atoms with E-state index in [1.165, 1.54) is 0 Å². The number of nitrogens with zero attached hydrogens (tertiary/aromatic N) is 2. The summed E-state index contributed by atoms with van der Waals surface area (Å²) in [6.45, 7) is 5.98. The molecular weight excluding hydrogens is 314 g/mol. The average molecular weight is 336 g/mol. The van der Waals surface area contributed by atoms with Crippen molar-refractivity contribution in [1.82, 2.24) is 9.47 Å². The maximum absolute atomic E-state index is 12.2. The normalized spacial score (nSPS) is 10.4. The zero-order chi connectivity index (χ0) is 16.8.